The van der Waals surface area contributed by atoms with Crippen LogP contribution in [0.15, 0.2) is 54.3 Å². The molecule has 4 heteroatoms. The lowest BCUT2D eigenvalue weighted by Crippen LogP contribution is -2.16. The van der Waals surface area contributed by atoms with Crippen LogP contribution in [0.2, 0.25) is 0 Å². The third-order valence-electron chi connectivity index (χ3n) is 5.24. The van der Waals surface area contributed by atoms with Crippen LogP contribution in [0.25, 0.3) is 11.3 Å². The summed E-state index contributed by atoms with van der Waals surface area (Å²) in [4.78, 5) is 4.43. The van der Waals surface area contributed by atoms with E-state index in [0.29, 0.717) is 0 Å². The summed E-state index contributed by atoms with van der Waals surface area (Å²) < 4.78 is 10.7. The van der Waals surface area contributed by atoms with Crippen LogP contribution in [-0.2, 0) is 6.42 Å². The molecule has 0 spiro atoms. The van der Waals surface area contributed by atoms with Crippen molar-refractivity contribution in [3.05, 3.63) is 65.4 Å². The number of ether oxygens (including phenoxy) is 2. The van der Waals surface area contributed by atoms with Crippen LogP contribution in [0.1, 0.15) is 64.5 Å². The minimum absolute atomic E-state index is 0.737. The number of aromatic nitrogens is 1. The highest BCUT2D eigenvalue weighted by molar-refractivity contribution is 5.66. The summed E-state index contributed by atoms with van der Waals surface area (Å²) in [7, 11) is 3.30. The summed E-state index contributed by atoms with van der Waals surface area (Å²) in [6.45, 7) is 13.0. The quantitative estimate of drug-likeness (QED) is 0.271. The van der Waals surface area contributed by atoms with Gasteiger partial charge in [0.25, 0.3) is 0 Å². The van der Waals surface area contributed by atoms with Crippen LogP contribution in [0.3, 0.4) is 0 Å². The molecule has 33 heavy (non-hydrogen) atoms. The van der Waals surface area contributed by atoms with Crippen LogP contribution in [0.5, 0.6) is 11.5 Å². The molecule has 1 aromatic carbocycles. The number of hydrogen-bond donors (Lipinski definition) is 1. The summed E-state index contributed by atoms with van der Waals surface area (Å²) in [6, 6.07) is 8.19. The molecule has 1 aromatic heterocycles. The molecule has 0 saturated carbocycles. The molecular formula is C29H44N2O2. The molecule has 1 N–H and O–H groups in total. The van der Waals surface area contributed by atoms with Crippen molar-refractivity contribution >= 4 is 0 Å². The number of pyridine rings is 1. The first-order valence-corrected chi connectivity index (χ1v) is 12.3. The van der Waals surface area contributed by atoms with Crippen molar-refractivity contribution in [2.24, 2.45) is 0 Å². The summed E-state index contributed by atoms with van der Waals surface area (Å²) in [5.41, 5.74) is 5.80. The maximum Gasteiger partial charge on any atom is 0.163 e. The first-order chi connectivity index (χ1) is 16.0. The minimum Gasteiger partial charge on any atom is -0.493 e. The van der Waals surface area contributed by atoms with Crippen molar-refractivity contribution in [3.63, 3.8) is 0 Å². The molecule has 0 bridgehead atoms. The molecule has 0 aliphatic heterocycles. The van der Waals surface area contributed by atoms with Crippen LogP contribution < -0.4 is 14.8 Å². The summed E-state index contributed by atoms with van der Waals surface area (Å²) >= 11 is 0. The van der Waals surface area contributed by atoms with Gasteiger partial charge in [0.1, 0.15) is 0 Å². The lowest BCUT2D eigenvalue weighted by atomic mass is 10.0. The van der Waals surface area contributed by atoms with E-state index in [9.17, 15) is 0 Å². The number of aryl methyl sites for hydroxylation is 2. The fourth-order valence-corrected chi connectivity index (χ4v) is 3.47. The average molecular weight is 453 g/mol. The van der Waals surface area contributed by atoms with Crippen LogP contribution in [0, 0.1) is 6.92 Å². The van der Waals surface area contributed by atoms with Gasteiger partial charge in [0.15, 0.2) is 11.5 Å². The smallest absolute Gasteiger partial charge is 0.163 e. The molecule has 1 heterocycles. The zero-order chi connectivity index (χ0) is 24.5. The Hall–Kier alpha value is -2.59. The molecule has 2 aromatic rings. The van der Waals surface area contributed by atoms with E-state index >= 15 is 0 Å². The minimum atomic E-state index is 0.737. The van der Waals surface area contributed by atoms with E-state index in [1.54, 1.807) is 14.2 Å². The summed E-state index contributed by atoms with van der Waals surface area (Å²) in [5.74, 6) is 1.51. The monoisotopic (exact) mass is 452 g/mol. The third kappa shape index (κ3) is 10.3. The van der Waals surface area contributed by atoms with Crippen molar-refractivity contribution in [2.75, 3.05) is 27.3 Å². The van der Waals surface area contributed by atoms with Gasteiger partial charge >= 0.3 is 0 Å². The standard InChI is InChI=1S/C16H19NO2.C13H25N/c1-5-12-6-7-17-14(9-12)13-8-11(2)16(19-4)15(10-13)18-3;1-4-7-9-13(8-5-2)10-12-14-11-6-3/h6-10H,5H2,1-4H3;7-9,14H,4-6,10-12H2,1-3H3/b;9-7-,13-8+. The van der Waals surface area contributed by atoms with Gasteiger partial charge in [-0.15, -0.1) is 0 Å². The molecule has 182 valence electrons. The van der Waals surface area contributed by atoms with Crippen LogP contribution in [0.4, 0.5) is 0 Å². The number of nitrogens with one attached hydrogen (secondary N) is 1. The van der Waals surface area contributed by atoms with Gasteiger partial charge in [-0.25, -0.2) is 0 Å². The summed E-state index contributed by atoms with van der Waals surface area (Å²) in [6.07, 6.45) is 14.3. The number of hydrogen-bond acceptors (Lipinski definition) is 4. The van der Waals surface area contributed by atoms with E-state index < -0.39 is 0 Å². The first kappa shape index (κ1) is 28.4. The molecule has 2 rings (SSSR count). The van der Waals surface area contributed by atoms with Gasteiger partial charge in [-0.1, -0.05) is 51.5 Å². The number of allylic oxidation sites excluding steroid dienone is 3. The highest BCUT2D eigenvalue weighted by Gasteiger charge is 2.11. The van der Waals surface area contributed by atoms with Crippen molar-refractivity contribution in [3.8, 4) is 22.8 Å². The Morgan fingerprint density at radius 1 is 1.00 bits per heavy atom. The first-order valence-electron chi connectivity index (χ1n) is 12.3. The Morgan fingerprint density at radius 2 is 1.79 bits per heavy atom. The number of benzene rings is 1. The van der Waals surface area contributed by atoms with Gasteiger partial charge in [-0.3, -0.25) is 4.98 Å². The highest BCUT2D eigenvalue weighted by Crippen LogP contribution is 2.35. The number of nitrogens with zero attached hydrogens (tertiary/aromatic N) is 1. The van der Waals surface area contributed by atoms with Gasteiger partial charge in [-0.2, -0.15) is 0 Å². The molecular weight excluding hydrogens is 408 g/mol. The van der Waals surface area contributed by atoms with Crippen LogP contribution >= 0.6 is 0 Å². The second-order valence-electron chi connectivity index (χ2n) is 7.93. The molecule has 0 amide bonds. The second kappa shape index (κ2) is 17.0. The van der Waals surface area contributed by atoms with E-state index in [0.717, 1.165) is 67.1 Å². The topological polar surface area (TPSA) is 43.4 Å². The van der Waals surface area contributed by atoms with Gasteiger partial charge < -0.3 is 14.8 Å². The molecule has 0 unspecified atom stereocenters. The van der Waals surface area contributed by atoms with Crippen LogP contribution in [-0.4, -0.2) is 32.3 Å². The second-order valence-corrected chi connectivity index (χ2v) is 7.93. The molecule has 0 aliphatic carbocycles. The fraction of sp³-hybridized carbons (Fsp3) is 0.483. The Morgan fingerprint density at radius 3 is 2.39 bits per heavy atom. The molecule has 4 nitrogen and oxygen atoms in total. The van der Waals surface area contributed by atoms with Gasteiger partial charge in [0.05, 0.1) is 19.9 Å². The lowest BCUT2D eigenvalue weighted by Gasteiger charge is -2.13. The van der Waals surface area contributed by atoms with Gasteiger partial charge in [0.2, 0.25) is 0 Å². The molecule has 0 fully saturated rings. The van der Waals surface area contributed by atoms with E-state index in [-0.39, 0.29) is 0 Å². The Labute approximate surface area is 202 Å². The third-order valence-corrected chi connectivity index (χ3v) is 5.24. The maximum atomic E-state index is 5.38. The van der Waals surface area contributed by atoms with Crippen molar-refractivity contribution in [1.82, 2.24) is 10.3 Å². The fourth-order valence-electron chi connectivity index (χ4n) is 3.47. The van der Waals surface area contributed by atoms with Gasteiger partial charge in [0, 0.05) is 11.8 Å². The van der Waals surface area contributed by atoms with Crippen molar-refractivity contribution in [1.29, 1.82) is 0 Å². The van der Waals surface area contributed by atoms with E-state index in [1.807, 2.05) is 25.3 Å². The molecule has 0 atom stereocenters. The van der Waals surface area contributed by atoms with Crippen molar-refractivity contribution < 1.29 is 9.47 Å². The van der Waals surface area contributed by atoms with Gasteiger partial charge in [-0.05, 0) is 87.5 Å². The Balaban J connectivity index is 0.000000349. The zero-order valence-corrected chi connectivity index (χ0v) is 21.8. The zero-order valence-electron chi connectivity index (χ0n) is 21.8. The maximum absolute atomic E-state index is 5.38. The van der Waals surface area contributed by atoms with E-state index in [2.05, 4.69) is 68.4 Å². The van der Waals surface area contributed by atoms with E-state index in [4.69, 9.17) is 9.47 Å². The predicted octanol–water partition coefficient (Wildman–Crippen LogP) is 7.32. The molecule has 0 saturated heterocycles. The number of methoxy groups -OCH3 is 2. The van der Waals surface area contributed by atoms with Crippen molar-refractivity contribution in [2.45, 2.75) is 66.7 Å². The largest absolute Gasteiger partial charge is 0.493 e. The Bertz CT molecular complexity index is 872. The molecule has 0 radical (unpaired) electrons. The highest BCUT2D eigenvalue weighted by atomic mass is 16.5. The predicted molar refractivity (Wildman–Crippen MR) is 142 cm³/mol. The average Bonchev–Trinajstić information content (AvgIpc) is 2.84. The number of rotatable bonds is 12. The SMILES string of the molecule is CC/C=C\C(=C/CC)CCNCCC.CCc1ccnc(-c2cc(C)c(OC)c(OC)c2)c1. The Kier molecular flexibility index (Phi) is 14.6. The normalized spacial score (nSPS) is 11.3. The lowest BCUT2D eigenvalue weighted by molar-refractivity contribution is 0.353. The van der Waals surface area contributed by atoms with E-state index in [1.165, 1.54) is 17.6 Å². The molecule has 0 aliphatic rings. The summed E-state index contributed by atoms with van der Waals surface area (Å²) in [5, 5.41) is 3.43.